The maximum Gasteiger partial charge on any atom is 0.333 e. The van der Waals surface area contributed by atoms with Crippen molar-refractivity contribution < 1.29 is 23.8 Å². The zero-order valence-corrected chi connectivity index (χ0v) is 21.0. The lowest BCUT2D eigenvalue weighted by Gasteiger charge is -2.10. The van der Waals surface area contributed by atoms with E-state index in [0.29, 0.717) is 34.8 Å². The quantitative estimate of drug-likeness (QED) is 0.199. The first-order valence-corrected chi connectivity index (χ1v) is 11.3. The number of hydrogen-bond donors (Lipinski definition) is 0. The van der Waals surface area contributed by atoms with Crippen LogP contribution in [-0.4, -0.2) is 47.7 Å². The van der Waals surface area contributed by atoms with Crippen LogP contribution in [-0.2, 0) is 9.53 Å². The molecule has 0 aliphatic carbocycles. The molecule has 0 spiro atoms. The SMILES string of the molecule is CCC(=O)c1cc2nccc(-c3ccc(OC)c(OC)c3)n2n1.COC(=O)/C(C)=C\c1ccccc1. The molecule has 36 heavy (non-hydrogen) atoms. The van der Waals surface area contributed by atoms with Crippen molar-refractivity contribution >= 4 is 23.5 Å². The summed E-state index contributed by atoms with van der Waals surface area (Å²) in [6.07, 6.45) is 3.91. The minimum Gasteiger partial charge on any atom is -0.493 e. The normalized spacial score (nSPS) is 10.9. The Balaban J connectivity index is 0.000000236. The van der Waals surface area contributed by atoms with Crippen LogP contribution in [0, 0.1) is 0 Å². The van der Waals surface area contributed by atoms with Crippen LogP contribution in [0.15, 0.2) is 72.4 Å². The third-order valence-corrected chi connectivity index (χ3v) is 5.33. The van der Waals surface area contributed by atoms with Gasteiger partial charge in [0.2, 0.25) is 0 Å². The Labute approximate surface area is 210 Å². The number of aromatic nitrogens is 3. The number of carbonyl (C=O) groups excluding carboxylic acids is 2. The van der Waals surface area contributed by atoms with Crippen LogP contribution in [0.3, 0.4) is 0 Å². The number of nitrogens with zero attached hydrogens (tertiary/aromatic N) is 3. The molecular formula is C28H29N3O5. The fraction of sp³-hybridized carbons (Fsp3) is 0.214. The Morgan fingerprint density at radius 3 is 2.31 bits per heavy atom. The molecule has 2 aromatic carbocycles. The second-order valence-electron chi connectivity index (χ2n) is 7.71. The first-order valence-electron chi connectivity index (χ1n) is 11.3. The predicted octanol–water partition coefficient (Wildman–Crippen LogP) is 5.27. The lowest BCUT2D eigenvalue weighted by molar-refractivity contribution is -0.135. The summed E-state index contributed by atoms with van der Waals surface area (Å²) >= 11 is 0. The number of ketones is 1. The minimum absolute atomic E-state index is 0.00578. The van der Waals surface area contributed by atoms with Gasteiger partial charge >= 0.3 is 5.97 Å². The molecule has 0 fully saturated rings. The molecular weight excluding hydrogens is 458 g/mol. The highest BCUT2D eigenvalue weighted by Gasteiger charge is 2.14. The summed E-state index contributed by atoms with van der Waals surface area (Å²) < 4.78 is 16.9. The molecule has 8 heteroatoms. The van der Waals surface area contributed by atoms with E-state index in [0.717, 1.165) is 16.8 Å². The first kappa shape index (κ1) is 26.2. The average Bonchev–Trinajstić information content (AvgIpc) is 3.37. The van der Waals surface area contributed by atoms with Crippen molar-refractivity contribution in [2.75, 3.05) is 21.3 Å². The second kappa shape index (κ2) is 12.3. The van der Waals surface area contributed by atoms with Gasteiger partial charge in [-0.15, -0.1) is 0 Å². The first-order chi connectivity index (χ1) is 17.4. The van der Waals surface area contributed by atoms with Gasteiger partial charge in [-0.25, -0.2) is 14.3 Å². The summed E-state index contributed by atoms with van der Waals surface area (Å²) in [7, 11) is 4.57. The number of fused-ring (bicyclic) bond motifs is 1. The Hall–Kier alpha value is -4.46. The van der Waals surface area contributed by atoms with Gasteiger partial charge in [0.05, 0.1) is 27.0 Å². The molecule has 0 unspecified atom stereocenters. The monoisotopic (exact) mass is 487 g/mol. The van der Waals surface area contributed by atoms with Gasteiger partial charge in [-0.05, 0) is 42.8 Å². The van der Waals surface area contributed by atoms with Crippen LogP contribution in [0.2, 0.25) is 0 Å². The van der Waals surface area contributed by atoms with Gasteiger partial charge in [0.15, 0.2) is 22.9 Å². The molecule has 4 aromatic rings. The molecule has 0 amide bonds. The lowest BCUT2D eigenvalue weighted by atomic mass is 10.1. The largest absolute Gasteiger partial charge is 0.493 e. The fourth-order valence-electron chi connectivity index (χ4n) is 3.45. The number of Topliss-reactive ketones (excluding diaryl/α,β-unsaturated/α-hetero) is 1. The molecule has 186 valence electrons. The minimum atomic E-state index is -0.288. The number of rotatable bonds is 7. The number of esters is 1. The van der Waals surface area contributed by atoms with Gasteiger partial charge in [-0.2, -0.15) is 5.10 Å². The summed E-state index contributed by atoms with van der Waals surface area (Å²) in [5.74, 6) is 0.994. The lowest BCUT2D eigenvalue weighted by Crippen LogP contribution is -2.00. The molecule has 4 rings (SSSR count). The molecule has 0 atom stereocenters. The van der Waals surface area contributed by atoms with Gasteiger partial charge in [-0.1, -0.05) is 37.3 Å². The standard InChI is InChI=1S/C17H17N3O3.C11H12O2/c1-4-14(21)12-10-17-18-8-7-13(20(17)19-12)11-5-6-15(22-2)16(9-11)23-3;1-9(11(12)13-2)8-10-6-4-3-5-7-10/h5-10H,4H2,1-3H3;3-8H,1-2H3/b;9-8-. The Kier molecular flexibility index (Phi) is 8.94. The molecule has 8 nitrogen and oxygen atoms in total. The van der Waals surface area contributed by atoms with Crippen LogP contribution in [0.1, 0.15) is 36.3 Å². The highest BCUT2D eigenvalue weighted by molar-refractivity contribution is 5.95. The molecule has 2 heterocycles. The molecule has 0 radical (unpaired) electrons. The van der Waals surface area contributed by atoms with Gasteiger partial charge in [0.1, 0.15) is 5.69 Å². The molecule has 0 saturated carbocycles. The van der Waals surface area contributed by atoms with Crippen molar-refractivity contribution in [1.82, 2.24) is 14.6 Å². The van der Waals surface area contributed by atoms with Crippen molar-refractivity contribution in [2.24, 2.45) is 0 Å². The van der Waals surface area contributed by atoms with Crippen molar-refractivity contribution in [3.05, 3.63) is 83.7 Å². The number of ether oxygens (including phenoxy) is 3. The van der Waals surface area contributed by atoms with E-state index in [1.807, 2.05) is 61.5 Å². The smallest absolute Gasteiger partial charge is 0.333 e. The van der Waals surface area contributed by atoms with Crippen molar-refractivity contribution in [2.45, 2.75) is 20.3 Å². The molecule has 0 N–H and O–H groups in total. The number of carbonyl (C=O) groups is 2. The zero-order valence-electron chi connectivity index (χ0n) is 21.0. The van der Waals surface area contributed by atoms with Gasteiger partial charge in [0.25, 0.3) is 0 Å². The number of benzene rings is 2. The maximum atomic E-state index is 11.9. The van der Waals surface area contributed by atoms with E-state index in [2.05, 4.69) is 14.8 Å². The molecule has 2 aromatic heterocycles. The Morgan fingerprint density at radius 2 is 1.67 bits per heavy atom. The van der Waals surface area contributed by atoms with Gasteiger partial charge < -0.3 is 14.2 Å². The van der Waals surface area contributed by atoms with Crippen LogP contribution < -0.4 is 9.47 Å². The summed E-state index contributed by atoms with van der Waals surface area (Å²) in [6, 6.07) is 18.8. The fourth-order valence-corrected chi connectivity index (χ4v) is 3.45. The summed E-state index contributed by atoms with van der Waals surface area (Å²) in [5, 5.41) is 4.39. The third kappa shape index (κ3) is 6.15. The van der Waals surface area contributed by atoms with Crippen LogP contribution in [0.4, 0.5) is 0 Å². The van der Waals surface area contributed by atoms with Crippen molar-refractivity contribution in [3.8, 4) is 22.8 Å². The van der Waals surface area contributed by atoms with E-state index >= 15 is 0 Å². The van der Waals surface area contributed by atoms with Crippen molar-refractivity contribution in [1.29, 1.82) is 0 Å². The van der Waals surface area contributed by atoms with E-state index in [1.54, 1.807) is 44.0 Å². The van der Waals surface area contributed by atoms with Crippen LogP contribution in [0.5, 0.6) is 11.5 Å². The summed E-state index contributed by atoms with van der Waals surface area (Å²) in [6.45, 7) is 3.55. The van der Waals surface area contributed by atoms with Crippen LogP contribution >= 0.6 is 0 Å². The summed E-state index contributed by atoms with van der Waals surface area (Å²) in [4.78, 5) is 27.2. The molecule has 0 aliphatic heterocycles. The van der Waals surface area contributed by atoms with E-state index in [9.17, 15) is 9.59 Å². The predicted molar refractivity (Wildman–Crippen MR) is 138 cm³/mol. The topological polar surface area (TPSA) is 92.0 Å². The highest BCUT2D eigenvalue weighted by Crippen LogP contribution is 2.32. The van der Waals surface area contributed by atoms with Crippen LogP contribution in [0.25, 0.3) is 23.0 Å². The molecule has 0 bridgehead atoms. The van der Waals surface area contributed by atoms with Crippen molar-refractivity contribution in [3.63, 3.8) is 0 Å². The number of hydrogen-bond acceptors (Lipinski definition) is 7. The Bertz CT molecular complexity index is 1380. The van der Waals surface area contributed by atoms with E-state index < -0.39 is 0 Å². The van der Waals surface area contributed by atoms with Gasteiger partial charge in [0, 0.05) is 29.8 Å². The second-order valence-corrected chi connectivity index (χ2v) is 7.71. The third-order valence-electron chi connectivity index (χ3n) is 5.33. The summed E-state index contributed by atoms with van der Waals surface area (Å²) in [5.41, 5.74) is 4.39. The van der Waals surface area contributed by atoms with E-state index in [4.69, 9.17) is 9.47 Å². The van der Waals surface area contributed by atoms with Gasteiger partial charge in [-0.3, -0.25) is 4.79 Å². The zero-order chi connectivity index (χ0) is 26.1. The van der Waals surface area contributed by atoms with E-state index in [-0.39, 0.29) is 11.8 Å². The molecule has 0 saturated heterocycles. The average molecular weight is 488 g/mol. The maximum absolute atomic E-state index is 11.9. The van der Waals surface area contributed by atoms with E-state index in [1.165, 1.54) is 7.11 Å². The molecule has 0 aliphatic rings. The highest BCUT2D eigenvalue weighted by atomic mass is 16.5. The Morgan fingerprint density at radius 1 is 0.944 bits per heavy atom. The number of methoxy groups -OCH3 is 3.